The summed E-state index contributed by atoms with van der Waals surface area (Å²) in [4.78, 5) is 38.2. The van der Waals surface area contributed by atoms with E-state index in [4.69, 9.17) is 12.2 Å². The zero-order valence-corrected chi connectivity index (χ0v) is 19.2. The van der Waals surface area contributed by atoms with Crippen LogP contribution in [0.15, 0.2) is 47.4 Å². The molecule has 2 heterocycles. The SMILES string of the molecule is O=C1CCC(N2Cc3ccc(C(=O)NC(=S)Nc4ccc(SC(F)(F)F)cc4)cc3C2)C(=O)N1. The zero-order chi connectivity index (χ0) is 24.5. The molecule has 2 aliphatic rings. The standard InChI is InChI=1S/C22H19F3N4O3S2/c23-22(24,25)34-16-5-3-15(4-6-16)26-21(33)28-19(31)12-1-2-13-10-29(11-14(13)9-12)17-7-8-18(30)27-20(17)32/h1-6,9,17H,7-8,10-11H2,(H,27,30,32)(H2,26,28,31,33). The molecule has 1 atom stereocenters. The minimum Gasteiger partial charge on any atom is -0.332 e. The molecule has 12 heteroatoms. The van der Waals surface area contributed by atoms with Crippen molar-refractivity contribution in [2.24, 2.45) is 0 Å². The number of carbonyl (C=O) groups excluding carboxylic acids is 3. The molecule has 1 saturated heterocycles. The summed E-state index contributed by atoms with van der Waals surface area (Å²) in [7, 11) is 0. The first-order valence-corrected chi connectivity index (χ1v) is 11.5. The molecule has 0 radical (unpaired) electrons. The number of thiocarbonyl (C=S) groups is 1. The molecule has 1 unspecified atom stereocenters. The second-order valence-electron chi connectivity index (χ2n) is 7.84. The minimum absolute atomic E-state index is 0.00638. The Bertz CT molecular complexity index is 1160. The van der Waals surface area contributed by atoms with E-state index in [1.54, 1.807) is 12.1 Å². The summed E-state index contributed by atoms with van der Waals surface area (Å²) in [5.74, 6) is -1.01. The van der Waals surface area contributed by atoms with Crippen LogP contribution in [-0.4, -0.2) is 39.3 Å². The number of nitrogens with one attached hydrogen (secondary N) is 3. The normalized spacial score (nSPS) is 18.3. The number of benzene rings is 2. The number of anilines is 1. The number of rotatable bonds is 4. The smallest absolute Gasteiger partial charge is 0.332 e. The summed E-state index contributed by atoms with van der Waals surface area (Å²) >= 11 is 4.93. The van der Waals surface area contributed by atoms with Crippen LogP contribution >= 0.6 is 24.0 Å². The van der Waals surface area contributed by atoms with Gasteiger partial charge in [0.05, 0.1) is 6.04 Å². The lowest BCUT2D eigenvalue weighted by Crippen LogP contribution is -2.50. The van der Waals surface area contributed by atoms with Crippen LogP contribution < -0.4 is 16.0 Å². The molecule has 0 saturated carbocycles. The molecule has 178 valence electrons. The van der Waals surface area contributed by atoms with Crippen LogP contribution in [0, 0.1) is 0 Å². The topological polar surface area (TPSA) is 90.5 Å². The summed E-state index contributed by atoms with van der Waals surface area (Å²) in [5.41, 5.74) is -1.64. The third-order valence-electron chi connectivity index (χ3n) is 5.44. The number of imide groups is 1. The predicted molar refractivity (Wildman–Crippen MR) is 124 cm³/mol. The maximum atomic E-state index is 12.6. The van der Waals surface area contributed by atoms with E-state index in [9.17, 15) is 27.6 Å². The Balaban J connectivity index is 1.34. The molecule has 1 fully saturated rings. The highest BCUT2D eigenvalue weighted by Gasteiger charge is 2.35. The van der Waals surface area contributed by atoms with E-state index in [1.165, 1.54) is 24.3 Å². The molecule has 34 heavy (non-hydrogen) atoms. The molecule has 2 aromatic carbocycles. The van der Waals surface area contributed by atoms with Crippen molar-refractivity contribution >= 4 is 52.5 Å². The Morgan fingerprint density at radius 3 is 2.47 bits per heavy atom. The number of amides is 3. The molecule has 2 aliphatic heterocycles. The summed E-state index contributed by atoms with van der Waals surface area (Å²) in [6.07, 6.45) is 0.757. The van der Waals surface area contributed by atoms with Gasteiger partial charge in [-0.15, -0.1) is 0 Å². The van der Waals surface area contributed by atoms with Crippen LogP contribution in [0.1, 0.15) is 34.3 Å². The van der Waals surface area contributed by atoms with Crippen molar-refractivity contribution in [3.8, 4) is 0 Å². The Hall–Kier alpha value is -2.96. The molecule has 4 rings (SSSR count). The molecule has 0 spiro atoms. The second kappa shape index (κ2) is 9.72. The predicted octanol–water partition coefficient (Wildman–Crippen LogP) is 3.55. The van der Waals surface area contributed by atoms with Crippen molar-refractivity contribution in [3.63, 3.8) is 0 Å². The molecular weight excluding hydrogens is 489 g/mol. The molecule has 0 bridgehead atoms. The molecule has 2 aromatic rings. The Labute approximate surface area is 202 Å². The highest BCUT2D eigenvalue weighted by atomic mass is 32.2. The van der Waals surface area contributed by atoms with Crippen LogP contribution in [0.25, 0.3) is 0 Å². The fourth-order valence-electron chi connectivity index (χ4n) is 3.89. The Kier molecular flexibility index (Phi) is 6.91. The molecular formula is C22H19F3N4O3S2. The van der Waals surface area contributed by atoms with Gasteiger partial charge >= 0.3 is 5.51 Å². The quantitative estimate of drug-likeness (QED) is 0.331. The highest BCUT2D eigenvalue weighted by molar-refractivity contribution is 8.00. The number of nitrogens with zero attached hydrogens (tertiary/aromatic N) is 1. The molecule has 3 amide bonds. The second-order valence-corrected chi connectivity index (χ2v) is 9.38. The first-order valence-electron chi connectivity index (χ1n) is 10.2. The van der Waals surface area contributed by atoms with Gasteiger partial charge in [0.2, 0.25) is 11.8 Å². The summed E-state index contributed by atoms with van der Waals surface area (Å²) in [6.45, 7) is 1.03. The number of carbonyl (C=O) groups is 3. The Morgan fingerprint density at radius 1 is 1.09 bits per heavy atom. The van der Waals surface area contributed by atoms with E-state index in [-0.39, 0.29) is 39.6 Å². The monoisotopic (exact) mass is 508 g/mol. The number of hydrogen-bond acceptors (Lipinski definition) is 6. The van der Waals surface area contributed by atoms with Gasteiger partial charge in [0.15, 0.2) is 5.11 Å². The van der Waals surface area contributed by atoms with E-state index in [2.05, 4.69) is 16.0 Å². The molecule has 7 nitrogen and oxygen atoms in total. The van der Waals surface area contributed by atoms with E-state index < -0.39 is 11.4 Å². The van der Waals surface area contributed by atoms with Crippen molar-refractivity contribution in [1.82, 2.24) is 15.5 Å². The van der Waals surface area contributed by atoms with Crippen molar-refractivity contribution in [1.29, 1.82) is 0 Å². The van der Waals surface area contributed by atoms with E-state index in [1.807, 2.05) is 11.0 Å². The van der Waals surface area contributed by atoms with Crippen molar-refractivity contribution in [2.75, 3.05) is 5.32 Å². The molecule has 0 aromatic heterocycles. The third-order valence-corrected chi connectivity index (χ3v) is 6.38. The Morgan fingerprint density at radius 2 is 1.79 bits per heavy atom. The third kappa shape index (κ3) is 5.93. The first-order chi connectivity index (χ1) is 16.1. The summed E-state index contributed by atoms with van der Waals surface area (Å²) in [5, 5.41) is 7.70. The number of piperidine rings is 1. The summed E-state index contributed by atoms with van der Waals surface area (Å²) in [6, 6.07) is 10.3. The van der Waals surface area contributed by atoms with Crippen LogP contribution in [-0.2, 0) is 22.7 Å². The largest absolute Gasteiger partial charge is 0.446 e. The lowest BCUT2D eigenvalue weighted by atomic mass is 10.0. The van der Waals surface area contributed by atoms with Gasteiger partial charge in [0.1, 0.15) is 0 Å². The van der Waals surface area contributed by atoms with Crippen LogP contribution in [0.3, 0.4) is 0 Å². The van der Waals surface area contributed by atoms with Crippen LogP contribution in [0.2, 0.25) is 0 Å². The van der Waals surface area contributed by atoms with Gasteiger partial charge in [0, 0.05) is 35.7 Å². The van der Waals surface area contributed by atoms with Gasteiger partial charge in [-0.3, -0.25) is 29.9 Å². The van der Waals surface area contributed by atoms with Gasteiger partial charge in [-0.2, -0.15) is 13.2 Å². The summed E-state index contributed by atoms with van der Waals surface area (Å²) < 4.78 is 37.3. The lowest BCUT2D eigenvalue weighted by Gasteiger charge is -2.29. The highest BCUT2D eigenvalue weighted by Crippen LogP contribution is 2.37. The van der Waals surface area contributed by atoms with Crippen molar-refractivity contribution in [3.05, 3.63) is 59.2 Å². The van der Waals surface area contributed by atoms with Crippen molar-refractivity contribution < 1.29 is 27.6 Å². The number of halogens is 3. The van der Waals surface area contributed by atoms with Gasteiger partial charge in [-0.05, 0) is 77.9 Å². The fourth-order valence-corrected chi connectivity index (χ4v) is 4.64. The van der Waals surface area contributed by atoms with Gasteiger partial charge in [-0.25, -0.2) is 0 Å². The zero-order valence-electron chi connectivity index (χ0n) is 17.6. The first kappa shape index (κ1) is 24.2. The van der Waals surface area contributed by atoms with Gasteiger partial charge in [0.25, 0.3) is 5.91 Å². The average Bonchev–Trinajstić information content (AvgIpc) is 3.17. The molecule has 3 N–H and O–H groups in total. The minimum atomic E-state index is -4.37. The molecule has 0 aliphatic carbocycles. The van der Waals surface area contributed by atoms with E-state index in [0.717, 1.165) is 11.1 Å². The number of alkyl halides is 3. The number of hydrogen-bond donors (Lipinski definition) is 3. The lowest BCUT2D eigenvalue weighted by molar-refractivity contribution is -0.137. The number of thioether (sulfide) groups is 1. The maximum absolute atomic E-state index is 12.6. The van der Waals surface area contributed by atoms with Crippen molar-refractivity contribution in [2.45, 2.75) is 42.4 Å². The van der Waals surface area contributed by atoms with Gasteiger partial charge < -0.3 is 5.32 Å². The van der Waals surface area contributed by atoms with Gasteiger partial charge in [-0.1, -0.05) is 6.07 Å². The van der Waals surface area contributed by atoms with Crippen LogP contribution in [0.4, 0.5) is 18.9 Å². The number of fused-ring (bicyclic) bond motifs is 1. The fraction of sp³-hybridized carbons (Fsp3) is 0.273. The van der Waals surface area contributed by atoms with Crippen LogP contribution in [0.5, 0.6) is 0 Å². The van der Waals surface area contributed by atoms with E-state index in [0.29, 0.717) is 37.2 Å². The maximum Gasteiger partial charge on any atom is 0.446 e. The average molecular weight is 509 g/mol. The van der Waals surface area contributed by atoms with E-state index >= 15 is 0 Å².